The Hall–Kier alpha value is -1.51. The lowest BCUT2D eigenvalue weighted by atomic mass is 10.3. The average molecular weight is 148 g/mol. The van der Waals surface area contributed by atoms with Crippen LogP contribution in [-0.4, -0.2) is 17.1 Å². The van der Waals surface area contributed by atoms with Gasteiger partial charge in [-0.1, -0.05) is 0 Å². The third-order valence-electron chi connectivity index (χ3n) is 1.63. The summed E-state index contributed by atoms with van der Waals surface area (Å²) in [5, 5.41) is 1.02. The highest BCUT2D eigenvalue weighted by atomic mass is 16.5. The number of hydrogen-bond donors (Lipinski definition) is 1. The van der Waals surface area contributed by atoms with Gasteiger partial charge in [-0.2, -0.15) is 0 Å². The standard InChI is InChI=1S/C8H8N2O/c1-11-7-5-10-8-6(7)3-2-4-9-8/h2-5H,1H3,(H,9,10). The summed E-state index contributed by atoms with van der Waals surface area (Å²) >= 11 is 0. The molecule has 0 saturated heterocycles. The Morgan fingerprint density at radius 3 is 3.27 bits per heavy atom. The smallest absolute Gasteiger partial charge is 0.145 e. The fourth-order valence-corrected chi connectivity index (χ4v) is 1.10. The monoisotopic (exact) mass is 148 g/mol. The van der Waals surface area contributed by atoms with Crippen molar-refractivity contribution in [1.29, 1.82) is 0 Å². The molecule has 0 aromatic carbocycles. The molecule has 0 atom stereocenters. The van der Waals surface area contributed by atoms with Gasteiger partial charge in [0.2, 0.25) is 0 Å². The molecule has 0 spiro atoms. The van der Waals surface area contributed by atoms with E-state index in [4.69, 9.17) is 4.74 Å². The van der Waals surface area contributed by atoms with Gasteiger partial charge < -0.3 is 9.72 Å². The molecule has 0 aliphatic rings. The molecule has 11 heavy (non-hydrogen) atoms. The molecule has 2 aromatic rings. The zero-order valence-electron chi connectivity index (χ0n) is 6.16. The quantitative estimate of drug-likeness (QED) is 0.666. The minimum atomic E-state index is 0.841. The van der Waals surface area contributed by atoms with Gasteiger partial charge in [-0.05, 0) is 12.1 Å². The summed E-state index contributed by atoms with van der Waals surface area (Å²) in [7, 11) is 1.65. The molecule has 0 amide bonds. The van der Waals surface area contributed by atoms with E-state index < -0.39 is 0 Å². The number of H-pyrrole nitrogens is 1. The third-order valence-corrected chi connectivity index (χ3v) is 1.63. The van der Waals surface area contributed by atoms with Crippen molar-refractivity contribution in [3.05, 3.63) is 24.5 Å². The van der Waals surface area contributed by atoms with E-state index in [1.807, 2.05) is 12.1 Å². The van der Waals surface area contributed by atoms with E-state index in [2.05, 4.69) is 9.97 Å². The van der Waals surface area contributed by atoms with Crippen molar-refractivity contribution >= 4 is 11.0 Å². The number of ether oxygens (including phenoxy) is 1. The summed E-state index contributed by atoms with van der Waals surface area (Å²) in [6.07, 6.45) is 3.55. The van der Waals surface area contributed by atoms with Gasteiger partial charge in [0.25, 0.3) is 0 Å². The van der Waals surface area contributed by atoms with E-state index in [9.17, 15) is 0 Å². The van der Waals surface area contributed by atoms with Gasteiger partial charge >= 0.3 is 0 Å². The van der Waals surface area contributed by atoms with Crippen molar-refractivity contribution in [1.82, 2.24) is 9.97 Å². The molecular weight excluding hydrogens is 140 g/mol. The van der Waals surface area contributed by atoms with Gasteiger partial charge in [0, 0.05) is 12.4 Å². The highest BCUT2D eigenvalue weighted by molar-refractivity contribution is 5.82. The Balaban J connectivity index is 2.76. The second-order valence-electron chi connectivity index (χ2n) is 2.26. The molecule has 0 bridgehead atoms. The highest BCUT2D eigenvalue weighted by Crippen LogP contribution is 2.22. The van der Waals surface area contributed by atoms with Gasteiger partial charge in [0.05, 0.1) is 12.5 Å². The van der Waals surface area contributed by atoms with E-state index in [0.29, 0.717) is 0 Å². The van der Waals surface area contributed by atoms with Crippen LogP contribution >= 0.6 is 0 Å². The molecule has 3 nitrogen and oxygen atoms in total. The predicted octanol–water partition coefficient (Wildman–Crippen LogP) is 1.57. The number of fused-ring (bicyclic) bond motifs is 1. The first kappa shape index (κ1) is 6.22. The highest BCUT2D eigenvalue weighted by Gasteiger charge is 2.01. The number of nitrogens with one attached hydrogen (secondary N) is 1. The fraction of sp³-hybridized carbons (Fsp3) is 0.125. The van der Waals surface area contributed by atoms with Crippen molar-refractivity contribution in [3.63, 3.8) is 0 Å². The summed E-state index contributed by atoms with van der Waals surface area (Å²) in [4.78, 5) is 7.12. The van der Waals surface area contributed by atoms with E-state index >= 15 is 0 Å². The minimum Gasteiger partial charge on any atom is -0.494 e. The Morgan fingerprint density at radius 2 is 2.45 bits per heavy atom. The topological polar surface area (TPSA) is 37.9 Å². The largest absolute Gasteiger partial charge is 0.494 e. The number of methoxy groups -OCH3 is 1. The van der Waals surface area contributed by atoms with Crippen molar-refractivity contribution in [3.8, 4) is 5.75 Å². The summed E-state index contributed by atoms with van der Waals surface area (Å²) in [6.45, 7) is 0. The molecule has 2 rings (SSSR count). The van der Waals surface area contributed by atoms with E-state index in [1.165, 1.54) is 0 Å². The zero-order valence-corrected chi connectivity index (χ0v) is 6.16. The van der Waals surface area contributed by atoms with Crippen LogP contribution in [0.25, 0.3) is 11.0 Å². The lowest BCUT2D eigenvalue weighted by Gasteiger charge is -1.93. The number of aromatic amines is 1. The van der Waals surface area contributed by atoms with Crippen LogP contribution in [-0.2, 0) is 0 Å². The maximum atomic E-state index is 5.10. The Labute approximate surface area is 64.0 Å². The SMILES string of the molecule is COc1c[nH]c2ncccc12. The van der Waals surface area contributed by atoms with E-state index in [1.54, 1.807) is 19.5 Å². The Morgan fingerprint density at radius 1 is 1.55 bits per heavy atom. The first-order chi connectivity index (χ1) is 5.42. The van der Waals surface area contributed by atoms with Crippen LogP contribution in [0.2, 0.25) is 0 Å². The molecule has 0 saturated carbocycles. The normalized spacial score (nSPS) is 10.3. The molecular formula is C8H8N2O. The number of aromatic nitrogens is 2. The van der Waals surface area contributed by atoms with Crippen LogP contribution in [0.4, 0.5) is 0 Å². The molecule has 0 aliphatic heterocycles. The van der Waals surface area contributed by atoms with Crippen LogP contribution in [0.15, 0.2) is 24.5 Å². The third kappa shape index (κ3) is 0.852. The molecule has 56 valence electrons. The second kappa shape index (κ2) is 2.27. The lowest BCUT2D eigenvalue weighted by Crippen LogP contribution is -1.78. The van der Waals surface area contributed by atoms with Gasteiger partial charge in [-0.15, -0.1) is 0 Å². The number of rotatable bonds is 1. The fourth-order valence-electron chi connectivity index (χ4n) is 1.10. The summed E-state index contributed by atoms with van der Waals surface area (Å²) in [5.41, 5.74) is 0.865. The first-order valence-corrected chi connectivity index (χ1v) is 3.38. The molecule has 0 fully saturated rings. The maximum Gasteiger partial charge on any atom is 0.145 e. The van der Waals surface area contributed by atoms with E-state index in [-0.39, 0.29) is 0 Å². The maximum absolute atomic E-state index is 5.10. The average Bonchev–Trinajstić information content (AvgIpc) is 2.47. The van der Waals surface area contributed by atoms with Crippen molar-refractivity contribution in [2.75, 3.05) is 7.11 Å². The molecule has 0 aliphatic carbocycles. The van der Waals surface area contributed by atoms with Crippen LogP contribution < -0.4 is 4.74 Å². The van der Waals surface area contributed by atoms with Crippen molar-refractivity contribution in [2.24, 2.45) is 0 Å². The summed E-state index contributed by atoms with van der Waals surface area (Å²) in [5.74, 6) is 0.841. The van der Waals surface area contributed by atoms with E-state index in [0.717, 1.165) is 16.8 Å². The van der Waals surface area contributed by atoms with Gasteiger partial charge in [-0.3, -0.25) is 0 Å². The molecule has 0 radical (unpaired) electrons. The Bertz CT molecular complexity index is 367. The molecule has 2 aromatic heterocycles. The number of nitrogens with zero attached hydrogens (tertiary/aromatic N) is 1. The van der Waals surface area contributed by atoms with Crippen LogP contribution in [0, 0.1) is 0 Å². The van der Waals surface area contributed by atoms with Gasteiger partial charge in [0.15, 0.2) is 0 Å². The second-order valence-corrected chi connectivity index (χ2v) is 2.26. The van der Waals surface area contributed by atoms with Crippen LogP contribution in [0.5, 0.6) is 5.75 Å². The van der Waals surface area contributed by atoms with Gasteiger partial charge in [0.1, 0.15) is 11.4 Å². The van der Waals surface area contributed by atoms with Crippen molar-refractivity contribution < 1.29 is 4.74 Å². The molecule has 0 unspecified atom stereocenters. The molecule has 2 heterocycles. The van der Waals surface area contributed by atoms with Gasteiger partial charge in [-0.25, -0.2) is 4.98 Å². The molecule has 1 N–H and O–H groups in total. The lowest BCUT2D eigenvalue weighted by molar-refractivity contribution is 0.419. The first-order valence-electron chi connectivity index (χ1n) is 3.38. The predicted molar refractivity (Wildman–Crippen MR) is 42.6 cm³/mol. The number of pyridine rings is 1. The summed E-state index contributed by atoms with van der Waals surface area (Å²) in [6, 6.07) is 3.86. The van der Waals surface area contributed by atoms with Crippen LogP contribution in [0.3, 0.4) is 0 Å². The Kier molecular flexibility index (Phi) is 1.28. The van der Waals surface area contributed by atoms with Crippen LogP contribution in [0.1, 0.15) is 0 Å². The summed E-state index contributed by atoms with van der Waals surface area (Å²) < 4.78 is 5.10. The van der Waals surface area contributed by atoms with Crippen molar-refractivity contribution in [2.45, 2.75) is 0 Å². The molecule has 3 heteroatoms. The number of hydrogen-bond acceptors (Lipinski definition) is 2. The minimum absolute atomic E-state index is 0.841. The zero-order chi connectivity index (χ0) is 7.68.